The molecule has 3 rings (SSSR count). The number of nitrogens with two attached hydrogens (primary N) is 1. The Kier molecular flexibility index (Phi) is 3.61. The minimum Gasteiger partial charge on any atom is -0.393 e. The summed E-state index contributed by atoms with van der Waals surface area (Å²) in [4.78, 5) is 12.2. The van der Waals surface area contributed by atoms with Gasteiger partial charge in [-0.15, -0.1) is 12.4 Å². The van der Waals surface area contributed by atoms with Crippen LogP contribution >= 0.6 is 24.0 Å². The first kappa shape index (κ1) is 13.3. The van der Waals surface area contributed by atoms with Crippen molar-refractivity contribution >= 4 is 41.1 Å². The van der Waals surface area contributed by atoms with E-state index in [2.05, 4.69) is 15.0 Å². The van der Waals surface area contributed by atoms with Crippen LogP contribution in [0.3, 0.4) is 0 Å². The third-order valence-electron chi connectivity index (χ3n) is 3.17. The molecule has 1 saturated carbocycles. The quantitative estimate of drug-likeness (QED) is 0.778. The zero-order chi connectivity index (χ0) is 12.0. The number of hydrogen-bond donors (Lipinski definition) is 2. The Balaban J connectivity index is 0.00000120. The van der Waals surface area contributed by atoms with E-state index in [1.165, 1.54) is 0 Å². The lowest BCUT2D eigenvalue weighted by Gasteiger charge is -2.11. The topological polar surface area (TPSA) is 89.8 Å². The van der Waals surface area contributed by atoms with Gasteiger partial charge < -0.3 is 15.4 Å². The van der Waals surface area contributed by atoms with E-state index in [4.69, 9.17) is 17.3 Å². The van der Waals surface area contributed by atoms with E-state index in [9.17, 15) is 5.11 Å². The number of aliphatic hydroxyl groups is 1. The molecule has 18 heavy (non-hydrogen) atoms. The molecule has 1 aliphatic rings. The first-order valence-electron chi connectivity index (χ1n) is 5.49. The number of aliphatic hydroxyl groups excluding tert-OH is 1. The molecule has 6 nitrogen and oxygen atoms in total. The minimum absolute atomic E-state index is 0. The summed E-state index contributed by atoms with van der Waals surface area (Å²) in [5.74, 6) is 0.141. The monoisotopic (exact) mass is 289 g/mol. The summed E-state index contributed by atoms with van der Waals surface area (Å²) in [5.41, 5.74) is 6.78. The normalized spacial score (nSPS) is 23.2. The van der Waals surface area contributed by atoms with Gasteiger partial charge in [0.25, 0.3) is 0 Å². The molecule has 2 atom stereocenters. The van der Waals surface area contributed by atoms with Gasteiger partial charge in [-0.2, -0.15) is 9.97 Å². The third-order valence-corrected chi connectivity index (χ3v) is 3.43. The van der Waals surface area contributed by atoms with E-state index >= 15 is 0 Å². The summed E-state index contributed by atoms with van der Waals surface area (Å²) >= 11 is 5.95. The summed E-state index contributed by atoms with van der Waals surface area (Å²) < 4.78 is 1.93. The molecule has 3 N–H and O–H groups in total. The number of rotatable bonds is 1. The molecule has 0 saturated heterocycles. The predicted molar refractivity (Wildman–Crippen MR) is 70.9 cm³/mol. The highest BCUT2D eigenvalue weighted by Gasteiger charge is 2.26. The lowest BCUT2D eigenvalue weighted by molar-refractivity contribution is 0.178. The van der Waals surface area contributed by atoms with E-state index in [1.54, 1.807) is 6.33 Å². The van der Waals surface area contributed by atoms with Crippen molar-refractivity contribution in [3.63, 3.8) is 0 Å². The number of nitrogen functional groups attached to an aromatic ring is 1. The number of anilines is 1. The molecular weight excluding hydrogens is 277 g/mol. The average molecular weight is 290 g/mol. The number of fused-ring (bicyclic) bond motifs is 1. The zero-order valence-corrected chi connectivity index (χ0v) is 11.0. The summed E-state index contributed by atoms with van der Waals surface area (Å²) in [5, 5.41) is 9.83. The molecule has 2 heterocycles. The maximum Gasteiger partial charge on any atom is 0.223 e. The van der Waals surface area contributed by atoms with Crippen molar-refractivity contribution in [2.75, 3.05) is 5.73 Å². The molecule has 0 spiro atoms. The number of imidazole rings is 1. The van der Waals surface area contributed by atoms with Crippen molar-refractivity contribution in [1.29, 1.82) is 0 Å². The van der Waals surface area contributed by atoms with Crippen LogP contribution in [-0.4, -0.2) is 30.7 Å². The Bertz CT molecular complexity index is 573. The molecule has 0 radical (unpaired) electrons. The van der Waals surface area contributed by atoms with Crippen molar-refractivity contribution in [3.05, 3.63) is 11.5 Å². The number of hydrogen-bond acceptors (Lipinski definition) is 5. The van der Waals surface area contributed by atoms with E-state index in [0.29, 0.717) is 17.6 Å². The van der Waals surface area contributed by atoms with Gasteiger partial charge in [-0.3, -0.25) is 0 Å². The molecule has 0 aromatic carbocycles. The molecule has 0 amide bonds. The van der Waals surface area contributed by atoms with Crippen LogP contribution < -0.4 is 5.73 Å². The van der Waals surface area contributed by atoms with Crippen molar-refractivity contribution in [3.8, 4) is 0 Å². The van der Waals surface area contributed by atoms with Crippen molar-refractivity contribution in [1.82, 2.24) is 19.5 Å². The highest BCUT2D eigenvalue weighted by atomic mass is 35.5. The van der Waals surface area contributed by atoms with E-state index in [1.807, 2.05) is 4.57 Å². The van der Waals surface area contributed by atoms with Gasteiger partial charge >= 0.3 is 0 Å². The summed E-state index contributed by atoms with van der Waals surface area (Å²) in [6, 6.07) is 0.209. The smallest absolute Gasteiger partial charge is 0.223 e. The first-order chi connectivity index (χ1) is 8.15. The van der Waals surface area contributed by atoms with Crippen LogP contribution in [0.15, 0.2) is 6.33 Å². The van der Waals surface area contributed by atoms with Gasteiger partial charge in [-0.25, -0.2) is 4.98 Å². The minimum atomic E-state index is -0.243. The molecule has 2 aromatic heterocycles. The maximum absolute atomic E-state index is 9.56. The average Bonchev–Trinajstić information content (AvgIpc) is 2.83. The van der Waals surface area contributed by atoms with Crippen LogP contribution in [0.5, 0.6) is 0 Å². The second kappa shape index (κ2) is 4.87. The summed E-state index contributed by atoms with van der Waals surface area (Å²) in [6.07, 6.45) is 3.87. The SMILES string of the molecule is Cl.Nc1nc(Cl)c2ncn([C@H]3CC[C@@H](O)C3)c2n1. The highest BCUT2D eigenvalue weighted by molar-refractivity contribution is 6.33. The van der Waals surface area contributed by atoms with E-state index < -0.39 is 0 Å². The fourth-order valence-electron chi connectivity index (χ4n) is 2.35. The molecule has 98 valence electrons. The largest absolute Gasteiger partial charge is 0.393 e. The Labute approximate surface area is 115 Å². The first-order valence-corrected chi connectivity index (χ1v) is 5.86. The fraction of sp³-hybridized carbons (Fsp3) is 0.500. The molecule has 1 aliphatic carbocycles. The van der Waals surface area contributed by atoms with Crippen molar-refractivity contribution < 1.29 is 5.11 Å². The number of aromatic nitrogens is 4. The van der Waals surface area contributed by atoms with Crippen LogP contribution in [0.2, 0.25) is 5.15 Å². The molecule has 2 aromatic rings. The van der Waals surface area contributed by atoms with Crippen LogP contribution in [-0.2, 0) is 0 Å². The molecular formula is C10H13Cl2N5O. The van der Waals surface area contributed by atoms with Gasteiger partial charge in [0.2, 0.25) is 5.95 Å². The molecule has 8 heteroatoms. The van der Waals surface area contributed by atoms with Gasteiger partial charge in [-0.05, 0) is 19.3 Å². The van der Waals surface area contributed by atoms with Gasteiger partial charge in [0, 0.05) is 6.04 Å². The Morgan fingerprint density at radius 1 is 1.39 bits per heavy atom. The van der Waals surface area contributed by atoms with Crippen molar-refractivity contribution in [2.24, 2.45) is 0 Å². The lowest BCUT2D eigenvalue weighted by Crippen LogP contribution is -2.07. The Morgan fingerprint density at radius 2 is 2.17 bits per heavy atom. The standard InChI is InChI=1S/C10H12ClN5O.ClH/c11-8-7-9(15-10(12)14-8)16(4-13-7)5-1-2-6(17)3-5;/h4-6,17H,1-3H2,(H2,12,14,15);1H/t5-,6+;/m0./s1. The van der Waals surface area contributed by atoms with E-state index in [-0.39, 0.29) is 35.7 Å². The van der Waals surface area contributed by atoms with Crippen LogP contribution in [0, 0.1) is 0 Å². The van der Waals surface area contributed by atoms with Gasteiger partial charge in [-0.1, -0.05) is 11.6 Å². The summed E-state index contributed by atoms with van der Waals surface area (Å²) in [7, 11) is 0. The van der Waals surface area contributed by atoms with E-state index in [0.717, 1.165) is 12.8 Å². The van der Waals surface area contributed by atoms with Gasteiger partial charge in [0.05, 0.1) is 12.4 Å². The fourth-order valence-corrected chi connectivity index (χ4v) is 2.57. The van der Waals surface area contributed by atoms with Crippen molar-refractivity contribution in [2.45, 2.75) is 31.4 Å². The van der Waals surface area contributed by atoms with Gasteiger partial charge in [0.1, 0.15) is 5.52 Å². The number of halogens is 2. The third kappa shape index (κ3) is 2.11. The lowest BCUT2D eigenvalue weighted by atomic mass is 10.2. The second-order valence-corrected chi connectivity index (χ2v) is 4.68. The zero-order valence-electron chi connectivity index (χ0n) is 9.45. The van der Waals surface area contributed by atoms with Crippen LogP contribution in [0.25, 0.3) is 11.2 Å². The summed E-state index contributed by atoms with van der Waals surface area (Å²) in [6.45, 7) is 0. The molecule has 0 aliphatic heterocycles. The maximum atomic E-state index is 9.56. The Hall–Kier alpha value is -1.11. The van der Waals surface area contributed by atoms with Crippen LogP contribution in [0.4, 0.5) is 5.95 Å². The van der Waals surface area contributed by atoms with Crippen LogP contribution in [0.1, 0.15) is 25.3 Å². The molecule has 0 bridgehead atoms. The molecule has 0 unspecified atom stereocenters. The molecule has 1 fully saturated rings. The Morgan fingerprint density at radius 3 is 2.83 bits per heavy atom. The van der Waals surface area contributed by atoms with Gasteiger partial charge in [0.15, 0.2) is 10.8 Å². The predicted octanol–water partition coefficient (Wildman–Crippen LogP) is 1.57. The highest BCUT2D eigenvalue weighted by Crippen LogP contribution is 2.32. The second-order valence-electron chi connectivity index (χ2n) is 4.32. The number of nitrogens with zero attached hydrogens (tertiary/aromatic N) is 4.